The Morgan fingerprint density at radius 2 is 1.95 bits per heavy atom. The molecular weight excluding hydrogens is 249 g/mol. The first-order valence-electron chi connectivity index (χ1n) is 6.02. The lowest BCUT2D eigenvalue weighted by molar-refractivity contribution is -0.144. The number of esters is 1. The van der Waals surface area contributed by atoms with Crippen LogP contribution in [-0.2, 0) is 9.53 Å². The van der Waals surface area contributed by atoms with Crippen LogP contribution in [-0.4, -0.2) is 25.0 Å². The van der Waals surface area contributed by atoms with Crippen molar-refractivity contribution in [2.24, 2.45) is 5.92 Å². The van der Waals surface area contributed by atoms with Gasteiger partial charge in [0.25, 0.3) is 5.91 Å². The second-order valence-corrected chi connectivity index (χ2v) is 4.65. The summed E-state index contributed by atoms with van der Waals surface area (Å²) >= 11 is 0. The van der Waals surface area contributed by atoms with E-state index >= 15 is 0 Å². The highest BCUT2D eigenvalue weighted by atomic mass is 19.1. The second-order valence-electron chi connectivity index (χ2n) is 4.65. The van der Waals surface area contributed by atoms with Crippen LogP contribution in [0.4, 0.5) is 4.39 Å². The van der Waals surface area contributed by atoms with E-state index in [4.69, 9.17) is 0 Å². The number of carbonyl (C=O) groups is 2. The fraction of sp³-hybridized carbons (Fsp3) is 0.429. The Hall–Kier alpha value is -1.91. The standard InChI is InChI=1S/C14H18FNO3/c1-8(2)12(14(18)19-4)16-13(17)10-7-5-6-9(3)11(10)15/h5-8,12H,1-4H3,(H,16,17)/t12-/m1/s1. The maximum absolute atomic E-state index is 13.8. The molecule has 1 aromatic rings. The third-order valence-electron chi connectivity index (χ3n) is 2.84. The summed E-state index contributed by atoms with van der Waals surface area (Å²) < 4.78 is 18.4. The summed E-state index contributed by atoms with van der Waals surface area (Å²) in [5.41, 5.74) is 0.307. The van der Waals surface area contributed by atoms with E-state index in [1.165, 1.54) is 13.2 Å². The van der Waals surface area contributed by atoms with E-state index in [9.17, 15) is 14.0 Å². The van der Waals surface area contributed by atoms with E-state index in [0.29, 0.717) is 5.56 Å². The Morgan fingerprint density at radius 1 is 1.32 bits per heavy atom. The van der Waals surface area contributed by atoms with Gasteiger partial charge in [0.1, 0.15) is 11.9 Å². The zero-order chi connectivity index (χ0) is 14.6. The highest BCUT2D eigenvalue weighted by Crippen LogP contribution is 2.13. The number of hydrogen-bond acceptors (Lipinski definition) is 3. The molecule has 0 bridgehead atoms. The molecule has 0 aliphatic heterocycles. The number of hydrogen-bond donors (Lipinski definition) is 1. The molecule has 0 unspecified atom stereocenters. The number of nitrogens with one attached hydrogen (secondary N) is 1. The van der Waals surface area contributed by atoms with Gasteiger partial charge in [-0.1, -0.05) is 26.0 Å². The number of carbonyl (C=O) groups excluding carboxylic acids is 2. The third-order valence-corrected chi connectivity index (χ3v) is 2.84. The van der Waals surface area contributed by atoms with Gasteiger partial charge in [0.05, 0.1) is 12.7 Å². The van der Waals surface area contributed by atoms with Gasteiger partial charge < -0.3 is 10.1 Å². The summed E-state index contributed by atoms with van der Waals surface area (Å²) in [6, 6.07) is 3.76. The summed E-state index contributed by atoms with van der Waals surface area (Å²) in [7, 11) is 1.25. The van der Waals surface area contributed by atoms with Crippen LogP contribution in [0.25, 0.3) is 0 Å². The number of amides is 1. The van der Waals surface area contributed by atoms with Crippen LogP contribution in [0.1, 0.15) is 29.8 Å². The Labute approximate surface area is 112 Å². The topological polar surface area (TPSA) is 55.4 Å². The van der Waals surface area contributed by atoms with Gasteiger partial charge in [0, 0.05) is 0 Å². The largest absolute Gasteiger partial charge is 0.467 e. The highest BCUT2D eigenvalue weighted by Gasteiger charge is 2.26. The van der Waals surface area contributed by atoms with Crippen molar-refractivity contribution in [3.63, 3.8) is 0 Å². The van der Waals surface area contributed by atoms with Crippen molar-refractivity contribution in [2.45, 2.75) is 26.8 Å². The van der Waals surface area contributed by atoms with E-state index in [0.717, 1.165) is 0 Å². The van der Waals surface area contributed by atoms with Crippen molar-refractivity contribution in [2.75, 3.05) is 7.11 Å². The fourth-order valence-electron chi connectivity index (χ4n) is 1.67. The van der Waals surface area contributed by atoms with Gasteiger partial charge in [0.2, 0.25) is 0 Å². The molecule has 0 aliphatic carbocycles. The van der Waals surface area contributed by atoms with E-state index in [1.807, 2.05) is 0 Å². The number of methoxy groups -OCH3 is 1. The molecule has 0 aromatic heterocycles. The average Bonchev–Trinajstić information content (AvgIpc) is 2.37. The summed E-state index contributed by atoms with van der Waals surface area (Å²) in [4.78, 5) is 23.5. The molecular formula is C14H18FNO3. The van der Waals surface area contributed by atoms with Crippen LogP contribution in [0.3, 0.4) is 0 Å². The lowest BCUT2D eigenvalue weighted by atomic mass is 10.0. The fourth-order valence-corrected chi connectivity index (χ4v) is 1.67. The summed E-state index contributed by atoms with van der Waals surface area (Å²) in [6.07, 6.45) is 0. The molecule has 1 amide bonds. The minimum Gasteiger partial charge on any atom is -0.467 e. The van der Waals surface area contributed by atoms with Crippen molar-refractivity contribution < 1.29 is 18.7 Å². The van der Waals surface area contributed by atoms with Crippen LogP contribution in [0.15, 0.2) is 18.2 Å². The first-order chi connectivity index (χ1) is 8.88. The molecule has 19 heavy (non-hydrogen) atoms. The molecule has 0 spiro atoms. The lowest BCUT2D eigenvalue weighted by Gasteiger charge is -2.20. The normalized spacial score (nSPS) is 12.1. The SMILES string of the molecule is COC(=O)[C@H](NC(=O)c1cccc(C)c1F)C(C)C. The first-order valence-corrected chi connectivity index (χ1v) is 6.02. The van der Waals surface area contributed by atoms with Crippen LogP contribution in [0.2, 0.25) is 0 Å². The zero-order valence-corrected chi connectivity index (χ0v) is 11.5. The number of halogens is 1. The van der Waals surface area contributed by atoms with Gasteiger partial charge in [-0.2, -0.15) is 0 Å². The number of rotatable bonds is 4. The molecule has 0 fully saturated rings. The third kappa shape index (κ3) is 3.53. The molecule has 0 heterocycles. The van der Waals surface area contributed by atoms with Crippen LogP contribution in [0.5, 0.6) is 0 Å². The number of ether oxygens (including phenoxy) is 1. The Bertz CT molecular complexity index is 486. The molecule has 1 rings (SSSR count). The zero-order valence-electron chi connectivity index (χ0n) is 11.5. The van der Waals surface area contributed by atoms with Crippen molar-refractivity contribution in [1.82, 2.24) is 5.32 Å². The van der Waals surface area contributed by atoms with E-state index in [2.05, 4.69) is 10.1 Å². The smallest absolute Gasteiger partial charge is 0.328 e. The summed E-state index contributed by atoms with van der Waals surface area (Å²) in [5, 5.41) is 2.50. The van der Waals surface area contributed by atoms with Crippen LogP contribution >= 0.6 is 0 Å². The predicted molar refractivity (Wildman–Crippen MR) is 69.2 cm³/mol. The minimum absolute atomic E-state index is 0.0745. The van der Waals surface area contributed by atoms with Crippen LogP contribution < -0.4 is 5.32 Å². The van der Waals surface area contributed by atoms with Crippen molar-refractivity contribution in [1.29, 1.82) is 0 Å². The van der Waals surface area contributed by atoms with Crippen LogP contribution in [0, 0.1) is 18.7 Å². The average molecular weight is 267 g/mol. The van der Waals surface area contributed by atoms with Crippen molar-refractivity contribution in [3.8, 4) is 0 Å². The van der Waals surface area contributed by atoms with Gasteiger partial charge in [-0.15, -0.1) is 0 Å². The molecule has 0 saturated carbocycles. The lowest BCUT2D eigenvalue weighted by Crippen LogP contribution is -2.45. The van der Waals surface area contributed by atoms with Gasteiger partial charge in [-0.05, 0) is 24.5 Å². The minimum atomic E-state index is -0.794. The Kier molecular flexibility index (Phi) is 5.03. The first kappa shape index (κ1) is 15.1. The summed E-state index contributed by atoms with van der Waals surface area (Å²) in [6.45, 7) is 5.12. The maximum atomic E-state index is 13.8. The maximum Gasteiger partial charge on any atom is 0.328 e. The van der Waals surface area contributed by atoms with Gasteiger partial charge in [-0.25, -0.2) is 9.18 Å². The summed E-state index contributed by atoms with van der Waals surface area (Å²) in [5.74, 6) is -1.89. The molecule has 104 valence electrons. The molecule has 0 saturated heterocycles. The van der Waals surface area contributed by atoms with E-state index in [-0.39, 0.29) is 11.5 Å². The van der Waals surface area contributed by atoms with Gasteiger partial charge in [-0.3, -0.25) is 4.79 Å². The molecule has 1 N–H and O–H groups in total. The quantitative estimate of drug-likeness (QED) is 0.850. The van der Waals surface area contributed by atoms with E-state index < -0.39 is 23.7 Å². The van der Waals surface area contributed by atoms with Crippen molar-refractivity contribution in [3.05, 3.63) is 35.1 Å². The Morgan fingerprint density at radius 3 is 2.47 bits per heavy atom. The van der Waals surface area contributed by atoms with E-state index in [1.54, 1.807) is 32.9 Å². The molecule has 1 atom stereocenters. The monoisotopic (exact) mass is 267 g/mol. The predicted octanol–water partition coefficient (Wildman–Crippen LogP) is 2.06. The molecule has 1 aromatic carbocycles. The molecule has 4 nitrogen and oxygen atoms in total. The molecule has 5 heteroatoms. The number of aryl methyl sites for hydroxylation is 1. The van der Waals surface area contributed by atoms with Gasteiger partial charge >= 0.3 is 5.97 Å². The second kappa shape index (κ2) is 6.31. The molecule has 0 radical (unpaired) electrons. The Balaban J connectivity index is 2.94. The number of benzene rings is 1. The highest BCUT2D eigenvalue weighted by molar-refractivity contribution is 5.97. The molecule has 0 aliphatic rings. The van der Waals surface area contributed by atoms with Gasteiger partial charge in [0.15, 0.2) is 0 Å². The van der Waals surface area contributed by atoms with Crippen molar-refractivity contribution >= 4 is 11.9 Å².